The fourth-order valence-electron chi connectivity index (χ4n) is 1.12. The molecule has 1 unspecified atom stereocenters. The van der Waals surface area contributed by atoms with Gasteiger partial charge in [-0.15, -0.1) is 0 Å². The number of hydrogen-bond donors (Lipinski definition) is 2. The molecule has 0 aliphatic heterocycles. The fourth-order valence-corrected chi connectivity index (χ4v) is 1.52. The first-order valence-corrected chi connectivity index (χ1v) is 7.62. The van der Waals surface area contributed by atoms with Gasteiger partial charge in [0.25, 0.3) is 0 Å². The Hall–Kier alpha value is -1.64. The number of amides is 1. The van der Waals surface area contributed by atoms with Gasteiger partial charge in [-0.2, -0.15) is 0 Å². The van der Waals surface area contributed by atoms with Crippen LogP contribution in [0.1, 0.15) is 26.7 Å². The fraction of sp³-hybridized carbons (Fsp3) is 0.727. The van der Waals surface area contributed by atoms with E-state index in [0.29, 0.717) is 0 Å². The van der Waals surface area contributed by atoms with Crippen molar-refractivity contribution in [3.63, 3.8) is 0 Å². The van der Waals surface area contributed by atoms with Gasteiger partial charge >= 0.3 is 11.9 Å². The lowest BCUT2D eigenvalue weighted by molar-refractivity contribution is -0.144. The van der Waals surface area contributed by atoms with E-state index in [2.05, 4.69) is 10.1 Å². The van der Waals surface area contributed by atoms with Crippen molar-refractivity contribution < 1.29 is 32.6 Å². The summed E-state index contributed by atoms with van der Waals surface area (Å²) in [5.41, 5.74) is 0. The van der Waals surface area contributed by atoms with Gasteiger partial charge in [0.1, 0.15) is 10.8 Å². The Morgan fingerprint density at radius 2 is 1.80 bits per heavy atom. The molecule has 0 rings (SSSR count). The van der Waals surface area contributed by atoms with Crippen LogP contribution < -0.4 is 5.32 Å². The van der Waals surface area contributed by atoms with E-state index in [0.717, 1.165) is 13.4 Å². The number of nitrogens with one attached hydrogen (secondary N) is 1. The van der Waals surface area contributed by atoms with Gasteiger partial charge in [-0.1, -0.05) is 0 Å². The van der Waals surface area contributed by atoms with Gasteiger partial charge in [-0.3, -0.25) is 9.59 Å². The average molecular weight is 309 g/mol. The number of methoxy groups -OCH3 is 1. The molecule has 1 amide bonds. The molecule has 8 nitrogen and oxygen atoms in total. The normalized spacial score (nSPS) is 13.4. The van der Waals surface area contributed by atoms with Crippen molar-refractivity contribution in [3.05, 3.63) is 0 Å². The molecular formula is C11H19NO7S. The van der Waals surface area contributed by atoms with Crippen molar-refractivity contribution in [2.24, 2.45) is 0 Å². The molecule has 0 heterocycles. The number of carboxylic acids is 1. The Balaban J connectivity index is 4.90. The predicted molar refractivity (Wildman–Crippen MR) is 69.7 cm³/mol. The lowest BCUT2D eigenvalue weighted by Crippen LogP contribution is -2.52. The Morgan fingerprint density at radius 1 is 1.30 bits per heavy atom. The molecule has 0 bridgehead atoms. The summed E-state index contributed by atoms with van der Waals surface area (Å²) in [6.45, 7) is 2.35. The molecule has 0 aliphatic carbocycles. The quantitative estimate of drug-likeness (QED) is 0.597. The van der Waals surface area contributed by atoms with Crippen LogP contribution >= 0.6 is 0 Å². The molecule has 2 N–H and O–H groups in total. The lowest BCUT2D eigenvalue weighted by Gasteiger charge is -2.24. The van der Waals surface area contributed by atoms with E-state index < -0.39 is 38.5 Å². The van der Waals surface area contributed by atoms with Crippen molar-refractivity contribution in [3.8, 4) is 0 Å². The first-order chi connectivity index (χ1) is 8.93. The van der Waals surface area contributed by atoms with Crippen molar-refractivity contribution in [1.82, 2.24) is 5.32 Å². The van der Waals surface area contributed by atoms with E-state index in [9.17, 15) is 22.8 Å². The van der Waals surface area contributed by atoms with Crippen molar-refractivity contribution >= 4 is 27.7 Å². The highest BCUT2D eigenvalue weighted by molar-refractivity contribution is 7.92. The van der Waals surface area contributed by atoms with Gasteiger partial charge in [0.05, 0.1) is 7.11 Å². The van der Waals surface area contributed by atoms with Crippen LogP contribution in [0.15, 0.2) is 0 Å². The SMILES string of the molecule is COC(=O)CCC(NC(=O)C(C)(C)S(C)(=O)=O)C(=O)O. The molecule has 0 aromatic rings. The second-order valence-electron chi connectivity index (χ2n) is 4.76. The zero-order valence-corrected chi connectivity index (χ0v) is 12.6. The van der Waals surface area contributed by atoms with E-state index >= 15 is 0 Å². The summed E-state index contributed by atoms with van der Waals surface area (Å²) in [5.74, 6) is -2.91. The number of rotatable bonds is 7. The maximum atomic E-state index is 11.9. The summed E-state index contributed by atoms with van der Waals surface area (Å²) < 4.78 is 25.6. The van der Waals surface area contributed by atoms with Gasteiger partial charge in [-0.25, -0.2) is 13.2 Å². The molecule has 1 atom stereocenters. The predicted octanol–water partition coefficient (Wildman–Crippen LogP) is -0.668. The van der Waals surface area contributed by atoms with Crippen LogP contribution in [0.5, 0.6) is 0 Å². The second-order valence-corrected chi connectivity index (χ2v) is 7.33. The van der Waals surface area contributed by atoms with Crippen LogP contribution in [-0.2, 0) is 29.0 Å². The number of hydrogen-bond acceptors (Lipinski definition) is 6. The third-order valence-electron chi connectivity index (χ3n) is 2.94. The highest BCUT2D eigenvalue weighted by Crippen LogP contribution is 2.16. The first-order valence-electron chi connectivity index (χ1n) is 5.73. The smallest absolute Gasteiger partial charge is 0.326 e. The topological polar surface area (TPSA) is 127 Å². The Labute approximate surface area is 117 Å². The van der Waals surface area contributed by atoms with Crippen LogP contribution in [0.4, 0.5) is 0 Å². The minimum atomic E-state index is -3.71. The minimum Gasteiger partial charge on any atom is -0.480 e. The molecule has 0 aromatic heterocycles. The maximum Gasteiger partial charge on any atom is 0.326 e. The van der Waals surface area contributed by atoms with Crippen molar-refractivity contribution in [1.29, 1.82) is 0 Å². The third kappa shape index (κ3) is 4.80. The number of carbonyl (C=O) groups excluding carboxylic acids is 2. The van der Waals surface area contributed by atoms with Crippen LogP contribution in [0.25, 0.3) is 0 Å². The Bertz CT molecular complexity index is 495. The molecular weight excluding hydrogens is 290 g/mol. The van der Waals surface area contributed by atoms with Crippen molar-refractivity contribution in [2.45, 2.75) is 37.5 Å². The highest BCUT2D eigenvalue weighted by atomic mass is 32.2. The zero-order chi connectivity index (χ0) is 16.1. The Kier molecular flexibility index (Phi) is 6.14. The van der Waals surface area contributed by atoms with E-state index in [1.165, 1.54) is 13.8 Å². The molecule has 0 spiro atoms. The molecule has 0 fully saturated rings. The van der Waals surface area contributed by atoms with Gasteiger partial charge in [-0.05, 0) is 20.3 Å². The monoisotopic (exact) mass is 309 g/mol. The van der Waals surface area contributed by atoms with E-state index in [1.54, 1.807) is 0 Å². The lowest BCUT2D eigenvalue weighted by atomic mass is 10.1. The molecule has 0 aromatic carbocycles. The van der Waals surface area contributed by atoms with Crippen LogP contribution in [-0.4, -0.2) is 55.5 Å². The molecule has 0 aliphatic rings. The summed E-state index contributed by atoms with van der Waals surface area (Å²) in [6.07, 6.45) is 0.497. The highest BCUT2D eigenvalue weighted by Gasteiger charge is 2.40. The number of sulfone groups is 1. The largest absolute Gasteiger partial charge is 0.480 e. The van der Waals surface area contributed by atoms with Crippen molar-refractivity contribution in [2.75, 3.05) is 13.4 Å². The number of carbonyl (C=O) groups is 3. The molecule has 0 radical (unpaired) electrons. The number of aliphatic carboxylic acids is 1. The summed E-state index contributed by atoms with van der Waals surface area (Å²) in [4.78, 5) is 33.8. The van der Waals surface area contributed by atoms with E-state index in [-0.39, 0.29) is 12.8 Å². The van der Waals surface area contributed by atoms with E-state index in [1.807, 2.05) is 0 Å². The Morgan fingerprint density at radius 3 is 2.15 bits per heavy atom. The standard InChI is InChI=1S/C11H19NO7S/c1-11(2,20(4,17)18)10(16)12-7(9(14)15)5-6-8(13)19-3/h7H,5-6H2,1-4H3,(H,12,16)(H,14,15). The van der Waals surface area contributed by atoms with Gasteiger partial charge < -0.3 is 15.2 Å². The number of ether oxygens (including phenoxy) is 1. The first kappa shape index (κ1) is 18.4. The van der Waals surface area contributed by atoms with Crippen LogP contribution in [0.3, 0.4) is 0 Å². The van der Waals surface area contributed by atoms with Gasteiger partial charge in [0.2, 0.25) is 5.91 Å². The third-order valence-corrected chi connectivity index (χ3v) is 4.98. The minimum absolute atomic E-state index is 0.187. The summed E-state index contributed by atoms with van der Waals surface area (Å²) in [6, 6.07) is -1.36. The average Bonchev–Trinajstić information content (AvgIpc) is 2.31. The molecule has 9 heteroatoms. The van der Waals surface area contributed by atoms with Crippen LogP contribution in [0.2, 0.25) is 0 Å². The molecule has 20 heavy (non-hydrogen) atoms. The number of esters is 1. The maximum absolute atomic E-state index is 11.9. The molecule has 0 saturated carbocycles. The second kappa shape index (κ2) is 6.69. The number of carboxylic acid groups (broad SMARTS) is 1. The van der Waals surface area contributed by atoms with E-state index in [4.69, 9.17) is 5.11 Å². The van der Waals surface area contributed by atoms with Crippen LogP contribution in [0, 0.1) is 0 Å². The summed E-state index contributed by atoms with van der Waals surface area (Å²) >= 11 is 0. The summed E-state index contributed by atoms with van der Waals surface area (Å²) in [7, 11) is -2.55. The molecule has 0 saturated heterocycles. The van der Waals surface area contributed by atoms with Gasteiger partial charge in [0, 0.05) is 12.7 Å². The zero-order valence-electron chi connectivity index (χ0n) is 11.8. The van der Waals surface area contributed by atoms with Gasteiger partial charge in [0.15, 0.2) is 9.84 Å². The molecule has 116 valence electrons. The summed E-state index contributed by atoms with van der Waals surface area (Å²) in [5, 5.41) is 11.1.